The molecule has 1 saturated heterocycles. The summed E-state index contributed by atoms with van der Waals surface area (Å²) in [5.41, 5.74) is 0.453. The van der Waals surface area contributed by atoms with Crippen LogP contribution in [0.25, 0.3) is 0 Å². The van der Waals surface area contributed by atoms with Crippen LogP contribution in [-0.4, -0.2) is 51.7 Å². The van der Waals surface area contributed by atoms with Crippen LogP contribution in [0.3, 0.4) is 0 Å². The molecule has 0 unspecified atom stereocenters. The summed E-state index contributed by atoms with van der Waals surface area (Å²) in [4.78, 5) is 1.78. The van der Waals surface area contributed by atoms with Gasteiger partial charge in [0.15, 0.2) is 0 Å². The zero-order chi connectivity index (χ0) is 15.4. The summed E-state index contributed by atoms with van der Waals surface area (Å²) in [6.07, 6.45) is -2.50. The van der Waals surface area contributed by atoms with Gasteiger partial charge in [-0.2, -0.15) is 0 Å². The fourth-order valence-corrected chi connectivity index (χ4v) is 3.05. The van der Waals surface area contributed by atoms with E-state index in [0.29, 0.717) is 47.7 Å². The number of rotatable bonds is 5. The van der Waals surface area contributed by atoms with Gasteiger partial charge < -0.3 is 14.8 Å². The maximum atomic E-state index is 13.7. The van der Waals surface area contributed by atoms with Crippen LogP contribution in [0.1, 0.15) is 11.6 Å². The van der Waals surface area contributed by atoms with Gasteiger partial charge in [-0.3, -0.25) is 4.90 Å². The molecule has 0 aromatic heterocycles. The Labute approximate surface area is 155 Å². The number of ether oxygens (including phenoxy) is 2. The monoisotopic (exact) mass is 436 g/mol. The van der Waals surface area contributed by atoms with Crippen molar-refractivity contribution in [2.75, 3.05) is 40.4 Å². The molecule has 1 heterocycles. The van der Waals surface area contributed by atoms with Crippen LogP contribution in [0.5, 0.6) is 11.5 Å². The van der Waals surface area contributed by atoms with Crippen LogP contribution >= 0.6 is 40.7 Å². The Morgan fingerprint density at radius 2 is 1.65 bits per heavy atom. The predicted octanol–water partition coefficient (Wildman–Crippen LogP) is 3.52. The average molecular weight is 438 g/mol. The predicted molar refractivity (Wildman–Crippen MR) is 94.9 cm³/mol. The van der Waals surface area contributed by atoms with E-state index < -0.39 is 12.5 Å². The first-order chi connectivity index (χ1) is 10.1. The minimum Gasteiger partial charge on any atom is -0.496 e. The maximum Gasteiger partial charge on any atom is 0.258 e. The van der Waals surface area contributed by atoms with Crippen molar-refractivity contribution in [3.8, 4) is 11.5 Å². The van der Waals surface area contributed by atoms with Gasteiger partial charge in [0.25, 0.3) is 6.43 Å². The van der Waals surface area contributed by atoms with Crippen LogP contribution in [0, 0.1) is 0 Å². The summed E-state index contributed by atoms with van der Waals surface area (Å²) in [7, 11) is 3.00. The van der Waals surface area contributed by atoms with Crippen molar-refractivity contribution in [1.82, 2.24) is 10.2 Å². The third kappa shape index (κ3) is 5.32. The lowest BCUT2D eigenvalue weighted by molar-refractivity contribution is 0.0169. The summed E-state index contributed by atoms with van der Waals surface area (Å²) >= 11 is 3.35. The first-order valence-electron chi connectivity index (χ1n) is 6.72. The maximum absolute atomic E-state index is 13.7. The van der Waals surface area contributed by atoms with Crippen molar-refractivity contribution in [2.45, 2.75) is 12.5 Å². The molecule has 1 N–H and O–H groups in total. The van der Waals surface area contributed by atoms with E-state index in [9.17, 15) is 8.78 Å². The number of hydrogen-bond acceptors (Lipinski definition) is 4. The first-order valence-corrected chi connectivity index (χ1v) is 7.52. The van der Waals surface area contributed by atoms with E-state index in [-0.39, 0.29) is 24.8 Å². The van der Waals surface area contributed by atoms with Gasteiger partial charge in [-0.05, 0) is 28.1 Å². The standard InChI is InChI=1S/C14H19BrF2N2O2.2ClH/c1-20-11-8-10(15)12(21-2)7-9(11)13(14(16)17)19-5-3-18-4-6-19;;/h7-8,13-14,18H,3-6H2,1-2H3;2*1H/t13-;;/m0../s1. The molecule has 0 amide bonds. The molecule has 1 aromatic rings. The van der Waals surface area contributed by atoms with Crippen LogP contribution < -0.4 is 14.8 Å². The molecule has 2 rings (SSSR count). The highest BCUT2D eigenvalue weighted by Gasteiger charge is 2.33. The molecule has 1 aromatic carbocycles. The summed E-state index contributed by atoms with van der Waals surface area (Å²) in [6, 6.07) is 2.30. The molecule has 4 nitrogen and oxygen atoms in total. The normalized spacial score (nSPS) is 16.3. The third-order valence-electron chi connectivity index (χ3n) is 3.61. The SMILES string of the molecule is COc1cc([C@@H](C(F)F)N2CCNCC2)c(OC)cc1Br.Cl.Cl. The molecule has 134 valence electrons. The second kappa shape index (κ2) is 10.5. The number of piperazine rings is 1. The van der Waals surface area contributed by atoms with Crippen LogP contribution in [0.15, 0.2) is 16.6 Å². The second-order valence-electron chi connectivity index (χ2n) is 4.79. The van der Waals surface area contributed by atoms with Crippen molar-refractivity contribution >= 4 is 40.7 Å². The largest absolute Gasteiger partial charge is 0.496 e. The van der Waals surface area contributed by atoms with Crippen LogP contribution in [0.4, 0.5) is 8.78 Å². The zero-order valence-corrected chi connectivity index (χ0v) is 16.1. The van der Waals surface area contributed by atoms with Gasteiger partial charge in [0.05, 0.1) is 18.7 Å². The van der Waals surface area contributed by atoms with Crippen molar-refractivity contribution in [2.24, 2.45) is 0 Å². The third-order valence-corrected chi connectivity index (χ3v) is 4.23. The van der Waals surface area contributed by atoms with E-state index in [4.69, 9.17) is 9.47 Å². The molecule has 23 heavy (non-hydrogen) atoms. The minimum atomic E-state index is -2.50. The van der Waals surface area contributed by atoms with Crippen molar-refractivity contribution in [3.63, 3.8) is 0 Å². The molecule has 0 radical (unpaired) electrons. The smallest absolute Gasteiger partial charge is 0.258 e. The summed E-state index contributed by atoms with van der Waals surface area (Å²) in [6.45, 7) is 2.57. The van der Waals surface area contributed by atoms with Gasteiger partial charge in [0, 0.05) is 31.7 Å². The van der Waals surface area contributed by atoms with E-state index >= 15 is 0 Å². The Morgan fingerprint density at radius 3 is 2.13 bits per heavy atom. The number of hydrogen-bond donors (Lipinski definition) is 1. The summed E-state index contributed by atoms with van der Waals surface area (Å²) in [5, 5.41) is 3.17. The molecule has 1 atom stereocenters. The Balaban J connectivity index is 0.00000242. The van der Waals surface area contributed by atoms with Gasteiger partial charge in [0.2, 0.25) is 0 Å². The van der Waals surface area contributed by atoms with Crippen molar-refractivity contribution in [3.05, 3.63) is 22.2 Å². The molecule has 0 aliphatic carbocycles. The summed E-state index contributed by atoms with van der Waals surface area (Å²) < 4.78 is 38.5. The molecule has 1 aliphatic rings. The number of benzene rings is 1. The van der Waals surface area contributed by atoms with Gasteiger partial charge in [-0.25, -0.2) is 8.78 Å². The van der Waals surface area contributed by atoms with Crippen LogP contribution in [-0.2, 0) is 0 Å². The number of nitrogens with one attached hydrogen (secondary N) is 1. The van der Waals surface area contributed by atoms with E-state index in [0.717, 1.165) is 0 Å². The lowest BCUT2D eigenvalue weighted by Gasteiger charge is -2.35. The van der Waals surface area contributed by atoms with E-state index in [1.807, 2.05) is 0 Å². The zero-order valence-electron chi connectivity index (χ0n) is 12.9. The minimum absolute atomic E-state index is 0. The quantitative estimate of drug-likeness (QED) is 0.764. The highest BCUT2D eigenvalue weighted by Crippen LogP contribution is 2.40. The first kappa shape index (κ1) is 22.7. The summed E-state index contributed by atoms with van der Waals surface area (Å²) in [5.74, 6) is 0.957. The Hall–Kier alpha value is -0.340. The molecule has 1 fully saturated rings. The number of nitrogens with zero attached hydrogens (tertiary/aromatic N) is 1. The average Bonchev–Trinajstić information content (AvgIpc) is 2.49. The van der Waals surface area contributed by atoms with Crippen molar-refractivity contribution in [1.29, 1.82) is 0 Å². The highest BCUT2D eigenvalue weighted by molar-refractivity contribution is 9.10. The Bertz CT molecular complexity index is 492. The number of halogens is 5. The van der Waals surface area contributed by atoms with Crippen LogP contribution in [0.2, 0.25) is 0 Å². The number of methoxy groups -OCH3 is 2. The second-order valence-corrected chi connectivity index (χ2v) is 5.65. The fraction of sp³-hybridized carbons (Fsp3) is 0.571. The highest BCUT2D eigenvalue weighted by atomic mass is 79.9. The van der Waals surface area contributed by atoms with E-state index in [1.54, 1.807) is 17.0 Å². The van der Waals surface area contributed by atoms with Gasteiger partial charge in [0.1, 0.15) is 17.5 Å². The molecular formula is C14H21BrCl2F2N2O2. The van der Waals surface area contributed by atoms with Gasteiger partial charge >= 0.3 is 0 Å². The molecule has 0 spiro atoms. The lowest BCUT2D eigenvalue weighted by Crippen LogP contribution is -2.47. The van der Waals surface area contributed by atoms with Gasteiger partial charge in [-0.15, -0.1) is 24.8 Å². The Morgan fingerprint density at radius 1 is 1.09 bits per heavy atom. The van der Waals surface area contributed by atoms with E-state index in [2.05, 4.69) is 21.2 Å². The molecule has 0 bridgehead atoms. The lowest BCUT2D eigenvalue weighted by atomic mass is 10.0. The van der Waals surface area contributed by atoms with Gasteiger partial charge in [-0.1, -0.05) is 0 Å². The van der Waals surface area contributed by atoms with E-state index in [1.165, 1.54) is 14.2 Å². The fourth-order valence-electron chi connectivity index (χ4n) is 2.57. The molecule has 9 heteroatoms. The van der Waals surface area contributed by atoms with Crippen molar-refractivity contribution < 1.29 is 18.3 Å². The topological polar surface area (TPSA) is 33.7 Å². The molecule has 1 aliphatic heterocycles. The molecular weight excluding hydrogens is 417 g/mol. The number of alkyl halides is 2. The Kier molecular flexibility index (Phi) is 10.4. The molecule has 0 saturated carbocycles.